The van der Waals surface area contributed by atoms with Crippen molar-refractivity contribution in [3.63, 3.8) is 0 Å². The topological polar surface area (TPSA) is 240 Å². The minimum atomic E-state index is -1.03. The summed E-state index contributed by atoms with van der Waals surface area (Å²) in [6.07, 6.45) is 0.855. The first-order chi connectivity index (χ1) is 25.5. The molecule has 0 aliphatic carbocycles. The molecule has 0 saturated carbocycles. The van der Waals surface area contributed by atoms with Gasteiger partial charge in [0.25, 0.3) is 0 Å². The highest BCUT2D eigenvalue weighted by Gasteiger charge is 2.28. The maximum absolute atomic E-state index is 13.9. The van der Waals surface area contributed by atoms with E-state index in [1.807, 2.05) is 60.7 Å². The van der Waals surface area contributed by atoms with Crippen LogP contribution in [0.1, 0.15) is 43.0 Å². The molecular formula is C39H50N8O6. The van der Waals surface area contributed by atoms with Gasteiger partial charge in [-0.25, -0.2) is 0 Å². The summed E-state index contributed by atoms with van der Waals surface area (Å²) in [6.45, 7) is 1.92. The largest absolute Gasteiger partial charge is 0.508 e. The minimum absolute atomic E-state index is 0.0398. The van der Waals surface area contributed by atoms with Crippen LogP contribution in [0, 0.1) is 5.92 Å². The van der Waals surface area contributed by atoms with Crippen LogP contribution in [0.5, 0.6) is 5.75 Å². The molecule has 14 heteroatoms. The van der Waals surface area contributed by atoms with Gasteiger partial charge in [-0.05, 0) is 72.9 Å². The summed E-state index contributed by atoms with van der Waals surface area (Å²) >= 11 is 0. The molecule has 3 aromatic carbocycles. The number of fused-ring (bicyclic) bond motifs is 1. The van der Waals surface area contributed by atoms with Crippen molar-refractivity contribution in [2.45, 2.75) is 63.6 Å². The summed E-state index contributed by atoms with van der Waals surface area (Å²) in [6, 6.07) is 24.2. The van der Waals surface area contributed by atoms with Crippen molar-refractivity contribution < 1.29 is 29.0 Å². The number of amides is 4. The third-order valence-corrected chi connectivity index (χ3v) is 8.71. The molecule has 0 spiro atoms. The van der Waals surface area contributed by atoms with E-state index in [4.69, 9.17) is 21.9 Å². The van der Waals surface area contributed by atoms with Crippen molar-refractivity contribution in [2.24, 2.45) is 28.1 Å². The molecule has 0 unspecified atom stereocenters. The number of nitrogens with one attached hydrogen (secondary N) is 4. The number of primary amides is 1. The predicted octanol–water partition coefficient (Wildman–Crippen LogP) is 1.94. The zero-order chi connectivity index (χ0) is 38.2. The monoisotopic (exact) mass is 726 g/mol. The van der Waals surface area contributed by atoms with Crippen molar-refractivity contribution in [2.75, 3.05) is 19.7 Å². The number of benzene rings is 3. The van der Waals surface area contributed by atoms with E-state index in [1.54, 1.807) is 24.3 Å². The third-order valence-electron chi connectivity index (χ3n) is 8.71. The number of aromatic hydroxyl groups is 1. The summed E-state index contributed by atoms with van der Waals surface area (Å²) in [5.74, 6) is -2.19. The van der Waals surface area contributed by atoms with Crippen molar-refractivity contribution in [1.82, 2.24) is 20.9 Å². The number of ether oxygens (including phenoxy) is 1. The number of para-hydroxylation sites is 1. The molecule has 4 amide bonds. The van der Waals surface area contributed by atoms with Crippen LogP contribution in [0.3, 0.4) is 0 Å². The Morgan fingerprint density at radius 2 is 1.53 bits per heavy atom. The van der Waals surface area contributed by atoms with Crippen LogP contribution in [-0.4, -0.2) is 77.6 Å². The molecule has 0 aliphatic rings. The molecule has 4 aromatic rings. The lowest BCUT2D eigenvalue weighted by atomic mass is 9.94. The van der Waals surface area contributed by atoms with Crippen LogP contribution in [0.2, 0.25) is 0 Å². The van der Waals surface area contributed by atoms with E-state index in [-0.39, 0.29) is 49.5 Å². The van der Waals surface area contributed by atoms with E-state index < -0.39 is 35.9 Å². The molecule has 14 nitrogen and oxygen atoms in total. The van der Waals surface area contributed by atoms with Crippen molar-refractivity contribution in [3.8, 4) is 5.75 Å². The lowest BCUT2D eigenvalue weighted by Crippen LogP contribution is -2.51. The normalized spacial score (nSPS) is 13.3. The Bertz CT molecular complexity index is 1790. The molecule has 1 heterocycles. The van der Waals surface area contributed by atoms with Crippen LogP contribution >= 0.6 is 0 Å². The fraction of sp³-hybridized carbons (Fsp3) is 0.359. The van der Waals surface area contributed by atoms with E-state index in [1.165, 1.54) is 6.92 Å². The first-order valence-electron chi connectivity index (χ1n) is 17.7. The number of nitrogens with zero attached hydrogens (tertiary/aromatic N) is 1. The number of hydrogen-bond donors (Lipinski definition) is 8. The highest BCUT2D eigenvalue weighted by Crippen LogP contribution is 2.18. The average molecular weight is 727 g/mol. The smallest absolute Gasteiger partial charge is 0.249 e. The molecule has 0 aliphatic heterocycles. The van der Waals surface area contributed by atoms with E-state index in [0.29, 0.717) is 32.2 Å². The number of carbonyl (C=O) groups is 4. The van der Waals surface area contributed by atoms with Crippen LogP contribution in [0.25, 0.3) is 10.9 Å². The lowest BCUT2D eigenvalue weighted by molar-refractivity contribution is -0.137. The lowest BCUT2D eigenvalue weighted by Gasteiger charge is -2.26. The third kappa shape index (κ3) is 13.6. The highest BCUT2D eigenvalue weighted by atomic mass is 16.5. The number of aliphatic imine (C=N–C) groups is 1. The number of H-pyrrole nitrogens is 1. The second-order valence-corrected chi connectivity index (χ2v) is 13.1. The van der Waals surface area contributed by atoms with Crippen molar-refractivity contribution in [3.05, 3.63) is 102 Å². The van der Waals surface area contributed by atoms with Gasteiger partial charge in [-0.15, -0.1) is 0 Å². The molecule has 4 rings (SSSR count). The summed E-state index contributed by atoms with van der Waals surface area (Å²) in [5.41, 5.74) is 20.2. The summed E-state index contributed by atoms with van der Waals surface area (Å²) in [5, 5.41) is 19.4. The fourth-order valence-corrected chi connectivity index (χ4v) is 5.99. The van der Waals surface area contributed by atoms with Crippen LogP contribution in [-0.2, 0) is 43.2 Å². The average Bonchev–Trinajstić information content (AvgIpc) is 3.54. The number of phenolic OH excluding ortho intramolecular Hbond substituents is 1. The zero-order valence-corrected chi connectivity index (χ0v) is 29.9. The summed E-state index contributed by atoms with van der Waals surface area (Å²) in [7, 11) is 0. The Labute approximate surface area is 308 Å². The van der Waals surface area contributed by atoms with Gasteiger partial charge < -0.3 is 48.0 Å². The Kier molecular flexibility index (Phi) is 15.2. The van der Waals surface area contributed by atoms with Gasteiger partial charge in [0.05, 0.1) is 12.6 Å². The van der Waals surface area contributed by atoms with Gasteiger partial charge >= 0.3 is 0 Å². The Morgan fingerprint density at radius 3 is 2.21 bits per heavy atom. The van der Waals surface area contributed by atoms with Crippen LogP contribution < -0.4 is 33.2 Å². The number of rotatable bonds is 21. The Morgan fingerprint density at radius 1 is 0.830 bits per heavy atom. The fourth-order valence-electron chi connectivity index (χ4n) is 5.99. The molecule has 0 bridgehead atoms. The Hall–Kier alpha value is -5.89. The van der Waals surface area contributed by atoms with E-state index in [2.05, 4.69) is 25.9 Å². The second kappa shape index (κ2) is 20.2. The van der Waals surface area contributed by atoms with Crippen molar-refractivity contribution >= 4 is 40.5 Å². The number of phenols is 1. The van der Waals surface area contributed by atoms with Crippen LogP contribution in [0.4, 0.5) is 0 Å². The van der Waals surface area contributed by atoms with Gasteiger partial charge in [0.15, 0.2) is 5.96 Å². The number of aromatic amines is 1. The van der Waals surface area contributed by atoms with Gasteiger partial charge in [-0.3, -0.25) is 24.2 Å². The van der Waals surface area contributed by atoms with Crippen LogP contribution in [0.15, 0.2) is 89.9 Å². The summed E-state index contributed by atoms with van der Waals surface area (Å²) in [4.78, 5) is 59.1. The number of nitrogens with two attached hydrogens (primary N) is 3. The number of carbonyl (C=O) groups excluding carboxylic acids is 4. The molecule has 11 N–H and O–H groups in total. The van der Waals surface area contributed by atoms with Gasteiger partial charge in [-0.1, -0.05) is 60.7 Å². The number of aromatic nitrogens is 1. The van der Waals surface area contributed by atoms with Crippen molar-refractivity contribution in [1.29, 1.82) is 0 Å². The van der Waals surface area contributed by atoms with Gasteiger partial charge in [-0.2, -0.15) is 0 Å². The molecule has 0 fully saturated rings. The zero-order valence-electron chi connectivity index (χ0n) is 29.9. The van der Waals surface area contributed by atoms with E-state index in [0.717, 1.165) is 27.7 Å². The predicted molar refractivity (Wildman–Crippen MR) is 203 cm³/mol. The van der Waals surface area contributed by atoms with E-state index in [9.17, 15) is 24.3 Å². The SMILES string of the molecule is CC(=O)NCC[C@@H](Cc1ccc(O)cc1)C(=O)N[C@@H](CO[C@@H](CCCN=C(N)N)C(=O)N[C@@H](Cc1cc2ccccc2[nH]1)C(N)=O)Cc1ccccc1. The molecule has 1 aromatic heterocycles. The van der Waals surface area contributed by atoms with Gasteiger partial charge in [0.2, 0.25) is 23.6 Å². The molecule has 0 saturated heterocycles. The van der Waals surface area contributed by atoms with Gasteiger partial charge in [0.1, 0.15) is 17.9 Å². The number of hydrogen-bond acceptors (Lipinski definition) is 7. The first-order valence-corrected chi connectivity index (χ1v) is 17.7. The Balaban J connectivity index is 1.51. The highest BCUT2D eigenvalue weighted by molar-refractivity contribution is 5.89. The first kappa shape index (κ1) is 39.9. The maximum Gasteiger partial charge on any atom is 0.249 e. The number of guanidine groups is 1. The molecule has 282 valence electrons. The standard InChI is InChI=1S/C39H50N8O6/c1-25(48)43-19-17-29(20-27-13-15-32(49)16-14-27)37(51)46-31(21-26-8-3-2-4-9-26)24-53-35(12-7-18-44-39(41)42)38(52)47-34(36(40)50)23-30-22-28-10-5-6-11-33(28)45-30/h2-6,8-11,13-16,22,29,31,34-35,45,49H,7,12,17-21,23-24H2,1H3,(H2,40,50)(H,43,48)(H,46,51)(H,47,52)(H4,41,42,44)/t29-,31+,34-,35-/m0/s1. The van der Waals surface area contributed by atoms with Gasteiger partial charge in [0, 0.05) is 43.6 Å². The molecule has 4 atom stereocenters. The maximum atomic E-state index is 13.9. The quantitative estimate of drug-likeness (QED) is 0.0358. The molecule has 0 radical (unpaired) electrons. The summed E-state index contributed by atoms with van der Waals surface area (Å²) < 4.78 is 6.27. The van der Waals surface area contributed by atoms with E-state index >= 15 is 0 Å². The second-order valence-electron chi connectivity index (χ2n) is 13.1. The molecular weight excluding hydrogens is 676 g/mol. The molecule has 53 heavy (non-hydrogen) atoms. The minimum Gasteiger partial charge on any atom is -0.508 e.